The SMILES string of the molecule is CCCCC(CC)CS(=O)(=O)OC(=O)CCC(=O)[O-].[Na+]. The number of carboxylic acid groups (broad SMARTS) is 1. The second-order valence-corrected chi connectivity index (χ2v) is 6.08. The Bertz CT molecular complexity index is 393. The summed E-state index contributed by atoms with van der Waals surface area (Å²) in [7, 11) is -3.93. The fourth-order valence-corrected chi connectivity index (χ4v) is 3.02. The average Bonchev–Trinajstić information content (AvgIpc) is 2.31. The number of carboxylic acids is 1. The molecule has 0 aromatic heterocycles. The third-order valence-electron chi connectivity index (χ3n) is 2.74. The number of aliphatic carboxylic acids is 1. The van der Waals surface area contributed by atoms with Crippen LogP contribution >= 0.6 is 0 Å². The summed E-state index contributed by atoms with van der Waals surface area (Å²) in [5.74, 6) is -2.71. The van der Waals surface area contributed by atoms with E-state index in [1.807, 2.05) is 13.8 Å². The predicted molar refractivity (Wildman–Crippen MR) is 67.4 cm³/mol. The van der Waals surface area contributed by atoms with Gasteiger partial charge in [0.1, 0.15) is 0 Å². The predicted octanol–water partition coefficient (Wildman–Crippen LogP) is -2.39. The third-order valence-corrected chi connectivity index (χ3v) is 4.06. The summed E-state index contributed by atoms with van der Waals surface area (Å²) in [5.41, 5.74) is 0. The van der Waals surface area contributed by atoms with Gasteiger partial charge >= 0.3 is 45.6 Å². The minimum Gasteiger partial charge on any atom is -0.550 e. The minimum atomic E-state index is -3.93. The minimum absolute atomic E-state index is 0. The topological polar surface area (TPSA) is 101 Å². The van der Waals surface area contributed by atoms with Crippen molar-refractivity contribution in [3.05, 3.63) is 0 Å². The van der Waals surface area contributed by atoms with Crippen molar-refractivity contribution in [1.82, 2.24) is 0 Å². The fourth-order valence-electron chi connectivity index (χ4n) is 1.61. The molecule has 0 saturated heterocycles. The van der Waals surface area contributed by atoms with Crippen LogP contribution in [0.2, 0.25) is 0 Å². The zero-order valence-corrected chi connectivity index (χ0v) is 15.2. The average molecular weight is 316 g/mol. The quantitative estimate of drug-likeness (QED) is 0.329. The Labute approximate surface area is 142 Å². The monoisotopic (exact) mass is 316 g/mol. The molecule has 1 atom stereocenters. The molecule has 20 heavy (non-hydrogen) atoms. The molecular weight excluding hydrogens is 295 g/mol. The molecule has 0 radical (unpaired) electrons. The van der Waals surface area contributed by atoms with Crippen LogP contribution in [0, 0.1) is 5.92 Å². The molecule has 0 aliphatic carbocycles. The molecule has 0 aliphatic heterocycles. The second-order valence-electron chi connectivity index (χ2n) is 4.47. The molecule has 0 amide bonds. The Morgan fingerprint density at radius 2 is 1.80 bits per heavy atom. The Morgan fingerprint density at radius 1 is 1.20 bits per heavy atom. The van der Waals surface area contributed by atoms with E-state index in [0.29, 0.717) is 6.42 Å². The normalized spacial score (nSPS) is 12.3. The van der Waals surface area contributed by atoms with E-state index in [-0.39, 0.29) is 41.2 Å². The molecule has 0 aliphatic rings. The maximum Gasteiger partial charge on any atom is 1.00 e. The summed E-state index contributed by atoms with van der Waals surface area (Å²) in [5, 5.41) is 10.1. The molecule has 8 heteroatoms. The summed E-state index contributed by atoms with van der Waals surface area (Å²) in [6.45, 7) is 3.90. The van der Waals surface area contributed by atoms with E-state index in [0.717, 1.165) is 19.3 Å². The van der Waals surface area contributed by atoms with E-state index in [4.69, 9.17) is 0 Å². The first-order valence-electron chi connectivity index (χ1n) is 6.45. The smallest absolute Gasteiger partial charge is 0.550 e. The largest absolute Gasteiger partial charge is 1.00 e. The first kappa shape index (κ1) is 22.2. The molecule has 0 aromatic rings. The second kappa shape index (κ2) is 11.5. The molecule has 0 N–H and O–H groups in total. The summed E-state index contributed by atoms with van der Waals surface area (Å²) >= 11 is 0. The van der Waals surface area contributed by atoms with Crippen LogP contribution in [0.25, 0.3) is 0 Å². The zero-order chi connectivity index (χ0) is 14.9. The maximum absolute atomic E-state index is 11.6. The Morgan fingerprint density at radius 3 is 2.25 bits per heavy atom. The molecule has 0 spiro atoms. The van der Waals surface area contributed by atoms with Crippen molar-refractivity contribution >= 4 is 22.1 Å². The number of unbranched alkanes of at least 4 members (excludes halogenated alkanes) is 1. The van der Waals surface area contributed by atoms with Crippen LogP contribution in [0.3, 0.4) is 0 Å². The number of rotatable bonds is 10. The Kier molecular flexibility index (Phi) is 12.8. The molecule has 0 bridgehead atoms. The van der Waals surface area contributed by atoms with Gasteiger partial charge in [-0.1, -0.05) is 33.1 Å². The van der Waals surface area contributed by atoms with Gasteiger partial charge in [-0.2, -0.15) is 8.42 Å². The number of carbonyl (C=O) groups excluding carboxylic acids is 2. The molecule has 0 heterocycles. The summed E-state index contributed by atoms with van der Waals surface area (Å²) in [6, 6.07) is 0. The van der Waals surface area contributed by atoms with Gasteiger partial charge in [-0.15, -0.1) is 0 Å². The van der Waals surface area contributed by atoms with Crippen molar-refractivity contribution in [2.75, 3.05) is 5.75 Å². The van der Waals surface area contributed by atoms with Crippen LogP contribution in [0.4, 0.5) is 0 Å². The van der Waals surface area contributed by atoms with Gasteiger partial charge in [0.25, 0.3) is 0 Å². The van der Waals surface area contributed by atoms with E-state index in [1.54, 1.807) is 0 Å². The standard InChI is InChI=1S/C12H22O6S.Na/c1-3-5-6-10(4-2)9-19(16,17)18-12(15)8-7-11(13)14;/h10H,3-9H2,1-2H3,(H,13,14);/q;+1/p-1. The summed E-state index contributed by atoms with van der Waals surface area (Å²) in [6.07, 6.45) is 2.32. The molecule has 0 aromatic carbocycles. The first-order valence-corrected chi connectivity index (χ1v) is 8.03. The maximum atomic E-state index is 11.6. The van der Waals surface area contributed by atoms with Crippen molar-refractivity contribution < 1.29 is 56.9 Å². The van der Waals surface area contributed by atoms with Gasteiger partial charge in [-0.3, -0.25) is 4.79 Å². The van der Waals surface area contributed by atoms with Crippen LogP contribution in [0.1, 0.15) is 52.4 Å². The van der Waals surface area contributed by atoms with Gasteiger partial charge < -0.3 is 14.1 Å². The van der Waals surface area contributed by atoms with Gasteiger partial charge in [0.15, 0.2) is 0 Å². The van der Waals surface area contributed by atoms with Crippen LogP contribution in [0.5, 0.6) is 0 Å². The number of hydrogen-bond donors (Lipinski definition) is 0. The van der Waals surface area contributed by atoms with Gasteiger partial charge in [-0.05, 0) is 18.8 Å². The van der Waals surface area contributed by atoms with Crippen LogP contribution in [-0.2, 0) is 23.9 Å². The summed E-state index contributed by atoms with van der Waals surface area (Å²) in [4.78, 5) is 21.3. The van der Waals surface area contributed by atoms with E-state index in [1.165, 1.54) is 0 Å². The van der Waals surface area contributed by atoms with Crippen LogP contribution < -0.4 is 34.7 Å². The van der Waals surface area contributed by atoms with Crippen LogP contribution in [0.15, 0.2) is 0 Å². The summed E-state index contributed by atoms with van der Waals surface area (Å²) < 4.78 is 27.6. The van der Waals surface area contributed by atoms with Crippen molar-refractivity contribution in [2.45, 2.75) is 52.4 Å². The molecular formula is C12H21NaO6S. The van der Waals surface area contributed by atoms with Crippen LogP contribution in [-0.4, -0.2) is 26.1 Å². The number of carbonyl (C=O) groups is 2. The van der Waals surface area contributed by atoms with E-state index < -0.39 is 34.9 Å². The fraction of sp³-hybridized carbons (Fsp3) is 0.833. The molecule has 6 nitrogen and oxygen atoms in total. The van der Waals surface area contributed by atoms with Gasteiger partial charge in [0.2, 0.25) is 0 Å². The number of hydrogen-bond acceptors (Lipinski definition) is 6. The Balaban J connectivity index is 0. The molecule has 0 rings (SSSR count). The zero-order valence-electron chi connectivity index (χ0n) is 12.4. The van der Waals surface area contributed by atoms with Crippen molar-refractivity contribution in [3.63, 3.8) is 0 Å². The van der Waals surface area contributed by atoms with E-state index in [9.17, 15) is 23.1 Å². The molecule has 1 unspecified atom stereocenters. The van der Waals surface area contributed by atoms with E-state index >= 15 is 0 Å². The molecule has 0 fully saturated rings. The van der Waals surface area contributed by atoms with Crippen molar-refractivity contribution in [3.8, 4) is 0 Å². The molecule has 0 saturated carbocycles. The van der Waals surface area contributed by atoms with Gasteiger partial charge in [-0.25, -0.2) is 0 Å². The third kappa shape index (κ3) is 11.7. The van der Waals surface area contributed by atoms with Gasteiger partial charge in [0, 0.05) is 5.97 Å². The van der Waals surface area contributed by atoms with Gasteiger partial charge in [0.05, 0.1) is 12.2 Å². The van der Waals surface area contributed by atoms with Crippen molar-refractivity contribution in [1.29, 1.82) is 0 Å². The Hall–Kier alpha value is -0.110. The molecule has 112 valence electrons. The first-order chi connectivity index (χ1) is 8.80. The van der Waals surface area contributed by atoms with Crippen molar-refractivity contribution in [2.24, 2.45) is 5.92 Å². The van der Waals surface area contributed by atoms with E-state index in [2.05, 4.69) is 4.18 Å².